The van der Waals surface area contributed by atoms with E-state index in [0.717, 1.165) is 109 Å². The largest absolute Gasteiger partial charge is 0.453 e. The molecule has 0 saturated carbocycles. The zero-order chi connectivity index (χ0) is 36.5. The molecular weight excluding hydrogens is 686 g/mol. The lowest BCUT2D eigenvalue weighted by molar-refractivity contribution is -0.138. The number of ether oxygens (including phenoxy) is 2. The Labute approximate surface area is 304 Å². The van der Waals surface area contributed by atoms with Crippen LogP contribution in [0.4, 0.5) is 26.3 Å². The van der Waals surface area contributed by atoms with Crippen LogP contribution in [-0.4, -0.2) is 0 Å². The molecule has 4 aromatic carbocycles. The molecule has 0 spiro atoms. The SMILES string of the molecule is FC(F)(F)c1ccc(Oc2c3c(c(C4C=CC5=C4CCCC5)c(C4C=CC5=C4CCCC5)c2Oc2ccc(C(F)(F)F)cc2)-c2ccccc2C3)cc1. The lowest BCUT2D eigenvalue weighted by atomic mass is 9.74. The minimum absolute atomic E-state index is 0.0445. The van der Waals surface area contributed by atoms with E-state index < -0.39 is 23.5 Å². The first-order valence-corrected chi connectivity index (χ1v) is 18.4. The molecule has 0 fully saturated rings. The highest BCUT2D eigenvalue weighted by Gasteiger charge is 2.41. The van der Waals surface area contributed by atoms with E-state index >= 15 is 0 Å². The van der Waals surface area contributed by atoms with Gasteiger partial charge in [0.2, 0.25) is 0 Å². The monoisotopic (exact) mass is 722 g/mol. The highest BCUT2D eigenvalue weighted by molar-refractivity contribution is 5.88. The van der Waals surface area contributed by atoms with Gasteiger partial charge in [0, 0.05) is 29.4 Å². The van der Waals surface area contributed by atoms with Crippen LogP contribution >= 0.6 is 0 Å². The van der Waals surface area contributed by atoms with Gasteiger partial charge in [-0.15, -0.1) is 0 Å². The van der Waals surface area contributed by atoms with Gasteiger partial charge in [-0.1, -0.05) is 59.7 Å². The van der Waals surface area contributed by atoms with Crippen molar-refractivity contribution in [2.24, 2.45) is 0 Å². The molecule has 0 amide bonds. The van der Waals surface area contributed by atoms with E-state index in [1.54, 1.807) is 0 Å². The molecule has 2 atom stereocenters. The number of rotatable bonds is 6. The number of alkyl halides is 6. The van der Waals surface area contributed by atoms with Crippen molar-refractivity contribution in [1.29, 1.82) is 0 Å². The maximum absolute atomic E-state index is 13.7. The first-order chi connectivity index (χ1) is 25.5. The van der Waals surface area contributed by atoms with Gasteiger partial charge in [-0.05, 0) is 133 Å². The molecule has 9 rings (SSSR count). The van der Waals surface area contributed by atoms with Gasteiger partial charge in [0.05, 0.1) is 11.1 Å². The topological polar surface area (TPSA) is 18.5 Å². The second-order valence-corrected chi connectivity index (χ2v) is 14.6. The van der Waals surface area contributed by atoms with E-state index in [2.05, 4.69) is 36.4 Å². The van der Waals surface area contributed by atoms with Gasteiger partial charge in [-0.3, -0.25) is 0 Å². The Kier molecular flexibility index (Phi) is 8.20. The van der Waals surface area contributed by atoms with Crippen LogP contribution in [0.3, 0.4) is 0 Å². The summed E-state index contributed by atoms with van der Waals surface area (Å²) in [6.45, 7) is 0. The van der Waals surface area contributed by atoms with Gasteiger partial charge in [0.15, 0.2) is 11.5 Å². The van der Waals surface area contributed by atoms with Crippen LogP contribution in [-0.2, 0) is 18.8 Å². The number of hydrogen-bond donors (Lipinski definition) is 0. The third kappa shape index (κ3) is 6.00. The van der Waals surface area contributed by atoms with Crippen molar-refractivity contribution in [3.8, 4) is 34.1 Å². The lowest BCUT2D eigenvalue weighted by Gasteiger charge is -2.32. The average molecular weight is 723 g/mol. The molecule has 8 heteroatoms. The fourth-order valence-corrected chi connectivity index (χ4v) is 9.07. The second kappa shape index (κ2) is 12.9. The molecule has 0 saturated heterocycles. The van der Waals surface area contributed by atoms with E-state index in [-0.39, 0.29) is 23.3 Å². The first-order valence-electron chi connectivity index (χ1n) is 18.4. The molecule has 270 valence electrons. The summed E-state index contributed by atoms with van der Waals surface area (Å²) in [5.74, 6) is 0.935. The smallest absolute Gasteiger partial charge is 0.416 e. The lowest BCUT2D eigenvalue weighted by Crippen LogP contribution is -2.14. The highest BCUT2D eigenvalue weighted by atomic mass is 19.4. The van der Waals surface area contributed by atoms with Crippen LogP contribution in [0.25, 0.3) is 11.1 Å². The number of fused-ring (bicyclic) bond motifs is 3. The van der Waals surface area contributed by atoms with Gasteiger partial charge < -0.3 is 9.47 Å². The molecule has 0 bridgehead atoms. The van der Waals surface area contributed by atoms with Crippen molar-refractivity contribution >= 4 is 0 Å². The summed E-state index contributed by atoms with van der Waals surface area (Å²) in [6.07, 6.45) is 8.65. The van der Waals surface area contributed by atoms with E-state index in [1.165, 1.54) is 46.6 Å². The minimum Gasteiger partial charge on any atom is -0.453 e. The Balaban J connectivity index is 1.33. The van der Waals surface area contributed by atoms with E-state index in [9.17, 15) is 26.3 Å². The van der Waals surface area contributed by atoms with Crippen molar-refractivity contribution in [3.63, 3.8) is 0 Å². The molecule has 5 aliphatic carbocycles. The van der Waals surface area contributed by atoms with Crippen LogP contribution < -0.4 is 9.47 Å². The fourth-order valence-electron chi connectivity index (χ4n) is 9.07. The van der Waals surface area contributed by atoms with Gasteiger partial charge >= 0.3 is 12.4 Å². The Hall–Kier alpha value is -4.98. The number of benzene rings is 4. The Morgan fingerprint density at radius 3 is 1.57 bits per heavy atom. The van der Waals surface area contributed by atoms with Gasteiger partial charge in [0.25, 0.3) is 0 Å². The molecule has 0 N–H and O–H groups in total. The van der Waals surface area contributed by atoms with Crippen LogP contribution in [0.5, 0.6) is 23.0 Å². The predicted octanol–water partition coefficient (Wildman–Crippen LogP) is 13.9. The predicted molar refractivity (Wildman–Crippen MR) is 192 cm³/mol. The summed E-state index contributed by atoms with van der Waals surface area (Å²) >= 11 is 0. The molecule has 2 unspecified atom stereocenters. The van der Waals surface area contributed by atoms with Crippen molar-refractivity contribution in [2.45, 2.75) is 82.0 Å². The summed E-state index contributed by atoms with van der Waals surface area (Å²) in [6, 6.07) is 17.5. The Bertz CT molecular complexity index is 2230. The van der Waals surface area contributed by atoms with Crippen LogP contribution in [0.2, 0.25) is 0 Å². The zero-order valence-electron chi connectivity index (χ0n) is 28.8. The summed E-state index contributed by atoms with van der Waals surface area (Å²) in [5.41, 5.74) is 9.87. The molecule has 0 aromatic heterocycles. The number of hydrogen-bond acceptors (Lipinski definition) is 2. The van der Waals surface area contributed by atoms with Crippen molar-refractivity contribution in [1.82, 2.24) is 0 Å². The average Bonchev–Trinajstić information content (AvgIpc) is 3.88. The quantitative estimate of drug-likeness (QED) is 0.163. The van der Waals surface area contributed by atoms with Crippen LogP contribution in [0, 0.1) is 0 Å². The summed E-state index contributed by atoms with van der Waals surface area (Å²) in [7, 11) is 0. The van der Waals surface area contributed by atoms with E-state index in [4.69, 9.17) is 9.47 Å². The third-order valence-corrected chi connectivity index (χ3v) is 11.5. The van der Waals surface area contributed by atoms with Gasteiger partial charge in [-0.25, -0.2) is 0 Å². The summed E-state index contributed by atoms with van der Waals surface area (Å²) in [5, 5.41) is 0. The molecule has 5 aliphatic rings. The van der Waals surface area contributed by atoms with E-state index in [1.807, 2.05) is 12.1 Å². The molecular formula is C45H36F6O2. The zero-order valence-corrected chi connectivity index (χ0v) is 28.8. The Morgan fingerprint density at radius 2 is 1.02 bits per heavy atom. The maximum Gasteiger partial charge on any atom is 0.416 e. The minimum atomic E-state index is -4.52. The normalized spacial score (nSPS) is 20.4. The molecule has 0 aliphatic heterocycles. The molecule has 0 heterocycles. The molecule has 53 heavy (non-hydrogen) atoms. The van der Waals surface area contributed by atoms with E-state index in [0.29, 0.717) is 17.9 Å². The molecule has 4 aromatic rings. The van der Waals surface area contributed by atoms with Crippen LogP contribution in [0.1, 0.15) is 96.6 Å². The number of halogens is 6. The van der Waals surface area contributed by atoms with Crippen molar-refractivity contribution in [2.75, 3.05) is 0 Å². The first kappa shape index (κ1) is 33.8. The maximum atomic E-state index is 13.7. The fraction of sp³-hybridized carbons (Fsp3) is 0.289. The second-order valence-electron chi connectivity index (χ2n) is 14.6. The summed E-state index contributed by atoms with van der Waals surface area (Å²) in [4.78, 5) is 0. The molecule has 0 radical (unpaired) electrons. The molecule has 2 nitrogen and oxygen atoms in total. The van der Waals surface area contributed by atoms with Crippen molar-refractivity contribution < 1.29 is 35.8 Å². The standard InChI is InChI=1S/C45H36F6O2/c46-44(47,48)29-15-19-31(20-16-29)52-42-38-25-28-9-3-6-12-35(28)39(38)40(36-23-13-26-7-1-4-10-33(26)36)41(37-24-14-27-8-2-5-11-34(27)37)43(42)53-32-21-17-30(18-22-32)45(49,50)51/h3,6,9,12-24,36-37H,1-2,4-5,7-8,10-11,25H2. The van der Waals surface area contributed by atoms with Crippen LogP contribution in [0.15, 0.2) is 119 Å². The highest BCUT2D eigenvalue weighted by Crippen LogP contribution is 2.60. The van der Waals surface area contributed by atoms with Crippen molar-refractivity contribution in [3.05, 3.63) is 153 Å². The third-order valence-electron chi connectivity index (χ3n) is 11.5. The Morgan fingerprint density at radius 1 is 0.528 bits per heavy atom. The van der Waals surface area contributed by atoms with Gasteiger partial charge in [-0.2, -0.15) is 26.3 Å². The summed E-state index contributed by atoms with van der Waals surface area (Å²) < 4.78 is 95.4. The van der Waals surface area contributed by atoms with Gasteiger partial charge in [0.1, 0.15) is 11.5 Å². The number of allylic oxidation sites excluding steroid dienone is 8.